The van der Waals surface area contributed by atoms with E-state index in [-0.39, 0.29) is 6.10 Å². The molecule has 0 bridgehead atoms. The first-order valence-corrected chi connectivity index (χ1v) is 8.61. The molecule has 0 amide bonds. The summed E-state index contributed by atoms with van der Waals surface area (Å²) in [4.78, 5) is 4.18. The smallest absolute Gasteiger partial charge is 0.381 e. The lowest BCUT2D eigenvalue weighted by atomic mass is 9.97. The Kier molecular flexibility index (Phi) is 6.41. The number of halogens is 1. The van der Waals surface area contributed by atoms with E-state index in [2.05, 4.69) is 18.8 Å². The van der Waals surface area contributed by atoms with Crippen molar-refractivity contribution in [2.75, 3.05) is 20.3 Å². The minimum absolute atomic E-state index is 0.166. The number of aryl methyl sites for hydroxylation is 2. The quantitative estimate of drug-likeness (QED) is 0.441. The molecule has 6 heteroatoms. The van der Waals surface area contributed by atoms with Crippen LogP contribution in [0, 0.1) is 13.8 Å². The standard InChI is InChI=1S/C19H28BFN2O2/c1-12(8-14(3)22-7)16(5)17(6)19-13(2)9-15(4)23(19)20(21)25-18-10-24-11-18/h8-9,18H,10-11H2,1-7H3/b12-8-,17-16+,22-14+. The van der Waals surface area contributed by atoms with E-state index in [1.165, 1.54) is 0 Å². The highest BCUT2D eigenvalue weighted by molar-refractivity contribution is 6.42. The molecule has 4 nitrogen and oxygen atoms in total. The van der Waals surface area contributed by atoms with Gasteiger partial charge in [0.05, 0.1) is 19.3 Å². The van der Waals surface area contributed by atoms with Crippen LogP contribution < -0.4 is 0 Å². The SMILES string of the molecule is C/N=C(C)/C=C(C)\C(C)=C(/C)c1c(C)cc(C)n1B(F)OC1COC1. The normalized spacial score (nSPS) is 17.4. The van der Waals surface area contributed by atoms with Crippen LogP contribution in [0.2, 0.25) is 0 Å². The topological polar surface area (TPSA) is 35.8 Å². The third-order valence-corrected chi connectivity index (χ3v) is 4.82. The third-order valence-electron chi connectivity index (χ3n) is 4.82. The number of aliphatic imine (C=N–C) groups is 1. The predicted octanol–water partition coefficient (Wildman–Crippen LogP) is 4.15. The van der Waals surface area contributed by atoms with Crippen LogP contribution in [0.1, 0.15) is 44.6 Å². The summed E-state index contributed by atoms with van der Waals surface area (Å²) in [5.41, 5.74) is 7.00. The minimum atomic E-state index is -1.51. The molecule has 1 aromatic heterocycles. The average Bonchev–Trinajstić information content (AvgIpc) is 2.83. The fourth-order valence-corrected chi connectivity index (χ4v) is 3.03. The van der Waals surface area contributed by atoms with Gasteiger partial charge in [0.15, 0.2) is 0 Å². The maximum absolute atomic E-state index is 14.9. The molecule has 0 spiro atoms. The van der Waals surface area contributed by atoms with Gasteiger partial charge in [0, 0.05) is 24.1 Å². The van der Waals surface area contributed by atoms with Gasteiger partial charge < -0.3 is 13.9 Å². The van der Waals surface area contributed by atoms with Crippen LogP contribution in [0.15, 0.2) is 28.3 Å². The molecule has 2 heterocycles. The van der Waals surface area contributed by atoms with E-state index < -0.39 is 7.33 Å². The highest BCUT2D eigenvalue weighted by Crippen LogP contribution is 2.29. The molecule has 0 N–H and O–H groups in total. The third kappa shape index (κ3) is 4.31. The van der Waals surface area contributed by atoms with E-state index in [0.717, 1.165) is 39.4 Å². The van der Waals surface area contributed by atoms with Crippen molar-refractivity contribution in [3.8, 4) is 0 Å². The molecule has 1 aliphatic rings. The summed E-state index contributed by atoms with van der Waals surface area (Å²) in [6.07, 6.45) is 1.88. The van der Waals surface area contributed by atoms with Crippen molar-refractivity contribution in [2.24, 2.45) is 4.99 Å². The molecule has 1 fully saturated rings. The van der Waals surface area contributed by atoms with Crippen LogP contribution in [-0.4, -0.2) is 43.9 Å². The molecule has 136 valence electrons. The van der Waals surface area contributed by atoms with Crippen LogP contribution in [0.3, 0.4) is 0 Å². The van der Waals surface area contributed by atoms with Gasteiger partial charge in [0.1, 0.15) is 0 Å². The second-order valence-electron chi connectivity index (χ2n) is 6.72. The Morgan fingerprint density at radius 2 is 1.96 bits per heavy atom. The average molecular weight is 346 g/mol. The van der Waals surface area contributed by atoms with Crippen LogP contribution in [0.5, 0.6) is 0 Å². The lowest BCUT2D eigenvalue weighted by molar-refractivity contribution is -0.0862. The number of hydrogen-bond acceptors (Lipinski definition) is 3. The van der Waals surface area contributed by atoms with Crippen molar-refractivity contribution in [1.82, 2.24) is 4.48 Å². The van der Waals surface area contributed by atoms with Crippen molar-refractivity contribution in [2.45, 2.75) is 47.6 Å². The van der Waals surface area contributed by atoms with E-state index in [0.29, 0.717) is 13.2 Å². The fourth-order valence-electron chi connectivity index (χ4n) is 3.03. The van der Waals surface area contributed by atoms with Crippen molar-refractivity contribution in [3.05, 3.63) is 40.2 Å². The zero-order valence-corrected chi connectivity index (χ0v) is 16.3. The maximum Gasteiger partial charge on any atom is 0.637 e. The van der Waals surface area contributed by atoms with Crippen LogP contribution in [0.4, 0.5) is 4.32 Å². The Labute approximate surface area is 150 Å². The first kappa shape index (κ1) is 19.7. The van der Waals surface area contributed by atoms with Gasteiger partial charge in [-0.15, -0.1) is 0 Å². The molecule has 0 aromatic carbocycles. The van der Waals surface area contributed by atoms with Gasteiger partial charge >= 0.3 is 7.33 Å². The molecule has 2 rings (SSSR count). The Hall–Kier alpha value is -1.66. The van der Waals surface area contributed by atoms with E-state index >= 15 is 0 Å². The number of rotatable bonds is 6. The monoisotopic (exact) mass is 346 g/mol. The number of aromatic nitrogens is 1. The Morgan fingerprint density at radius 1 is 1.32 bits per heavy atom. The largest absolute Gasteiger partial charge is 0.637 e. The van der Waals surface area contributed by atoms with Crippen LogP contribution in [-0.2, 0) is 9.39 Å². The van der Waals surface area contributed by atoms with Crippen LogP contribution in [0.25, 0.3) is 5.57 Å². The van der Waals surface area contributed by atoms with E-state index in [1.54, 1.807) is 11.5 Å². The fraction of sp³-hybridized carbons (Fsp3) is 0.526. The summed E-state index contributed by atoms with van der Waals surface area (Å²) in [5.74, 6) is 0. The molecule has 1 aromatic rings. The molecule has 0 atom stereocenters. The molecule has 25 heavy (non-hydrogen) atoms. The van der Waals surface area contributed by atoms with Gasteiger partial charge in [-0.05, 0) is 76.0 Å². The summed E-state index contributed by atoms with van der Waals surface area (Å²) in [7, 11) is 0.266. The first-order valence-electron chi connectivity index (χ1n) is 8.61. The minimum Gasteiger partial charge on any atom is -0.381 e. The van der Waals surface area contributed by atoms with Crippen molar-refractivity contribution in [3.63, 3.8) is 0 Å². The number of ether oxygens (including phenoxy) is 1. The zero-order valence-electron chi connectivity index (χ0n) is 16.3. The second-order valence-corrected chi connectivity index (χ2v) is 6.72. The number of hydrogen-bond donors (Lipinski definition) is 0. The maximum atomic E-state index is 14.9. The summed E-state index contributed by atoms with van der Waals surface area (Å²) in [6, 6.07) is 2.00. The van der Waals surface area contributed by atoms with Gasteiger partial charge in [0.25, 0.3) is 0 Å². The van der Waals surface area contributed by atoms with Gasteiger partial charge in [0.2, 0.25) is 0 Å². The molecule has 0 saturated carbocycles. The lowest BCUT2D eigenvalue weighted by Crippen LogP contribution is -2.42. The first-order chi connectivity index (χ1) is 11.8. The second kappa shape index (κ2) is 8.15. The molecule has 0 radical (unpaired) electrons. The molecular formula is C19H28BFN2O2. The highest BCUT2D eigenvalue weighted by atomic mass is 19.1. The lowest BCUT2D eigenvalue weighted by Gasteiger charge is -2.28. The van der Waals surface area contributed by atoms with Crippen molar-refractivity contribution >= 4 is 18.6 Å². The molecule has 1 aliphatic heterocycles. The van der Waals surface area contributed by atoms with E-state index in [9.17, 15) is 4.32 Å². The Morgan fingerprint density at radius 3 is 2.48 bits per heavy atom. The number of allylic oxidation sites excluding steroid dienone is 4. The van der Waals surface area contributed by atoms with Gasteiger partial charge in [-0.1, -0.05) is 0 Å². The van der Waals surface area contributed by atoms with Gasteiger partial charge in [-0.25, -0.2) is 0 Å². The van der Waals surface area contributed by atoms with Gasteiger partial charge in [-0.3, -0.25) is 9.31 Å². The van der Waals surface area contributed by atoms with Crippen molar-refractivity contribution in [1.29, 1.82) is 0 Å². The zero-order chi connectivity index (χ0) is 18.7. The van der Waals surface area contributed by atoms with Crippen LogP contribution >= 0.6 is 0 Å². The van der Waals surface area contributed by atoms with E-state index in [4.69, 9.17) is 9.39 Å². The number of nitrogens with zero attached hydrogens (tertiary/aromatic N) is 2. The Bertz CT molecular complexity index is 730. The predicted molar refractivity (Wildman–Crippen MR) is 103 cm³/mol. The molecule has 1 saturated heterocycles. The summed E-state index contributed by atoms with van der Waals surface area (Å²) in [5, 5.41) is 0. The summed E-state index contributed by atoms with van der Waals surface area (Å²) in [6.45, 7) is 12.9. The Balaban J connectivity index is 2.43. The van der Waals surface area contributed by atoms with E-state index in [1.807, 2.05) is 39.8 Å². The van der Waals surface area contributed by atoms with Gasteiger partial charge in [-0.2, -0.15) is 0 Å². The molecule has 0 aliphatic carbocycles. The summed E-state index contributed by atoms with van der Waals surface area (Å²) >= 11 is 0. The molecule has 0 unspecified atom stereocenters. The molecular weight excluding hydrogens is 318 g/mol. The van der Waals surface area contributed by atoms with Crippen molar-refractivity contribution < 1.29 is 13.7 Å². The highest BCUT2D eigenvalue weighted by Gasteiger charge is 2.32. The summed E-state index contributed by atoms with van der Waals surface area (Å²) < 4.78 is 27.1.